The molecule has 0 N–H and O–H groups in total. The molecule has 19 heteroatoms. The molecule has 7 aliphatic heterocycles. The molecule has 8 aromatic rings. The highest BCUT2D eigenvalue weighted by Crippen LogP contribution is 2.47. The van der Waals surface area contributed by atoms with Gasteiger partial charge in [0.15, 0.2) is 35.1 Å². The van der Waals surface area contributed by atoms with Crippen molar-refractivity contribution in [2.45, 2.75) is 99.8 Å². The van der Waals surface area contributed by atoms with Crippen molar-refractivity contribution in [1.29, 1.82) is 0 Å². The van der Waals surface area contributed by atoms with E-state index < -0.39 is 0 Å². The summed E-state index contributed by atoms with van der Waals surface area (Å²) in [6, 6.07) is 49.0. The van der Waals surface area contributed by atoms with Gasteiger partial charge in [-0.05, 0) is 139 Å². The summed E-state index contributed by atoms with van der Waals surface area (Å²) >= 11 is 3.94. The van der Waals surface area contributed by atoms with Crippen molar-refractivity contribution in [2.24, 2.45) is 7.05 Å². The summed E-state index contributed by atoms with van der Waals surface area (Å²) in [5.74, 6) is 5.50. The number of rotatable bonds is 10. The Balaban J connectivity index is 0.000000115. The Labute approximate surface area is 530 Å². The molecule has 88 heavy (non-hydrogen) atoms. The van der Waals surface area contributed by atoms with E-state index in [2.05, 4.69) is 296 Å². The first kappa shape index (κ1) is 60.0. The molecule has 0 saturated carbocycles. The van der Waals surface area contributed by atoms with Crippen molar-refractivity contribution >= 4 is 98.1 Å². The minimum Gasteiger partial charge on any atom is -0.357 e. The van der Waals surface area contributed by atoms with Gasteiger partial charge in [0, 0.05) is 115 Å². The number of nitrogens with zero attached hydrogens (tertiary/aromatic N) is 17. The van der Waals surface area contributed by atoms with Crippen molar-refractivity contribution in [3.8, 4) is 0 Å². The van der Waals surface area contributed by atoms with Crippen LogP contribution in [0.5, 0.6) is 0 Å². The number of aryl methyl sites for hydroxylation is 1. The molecule has 0 aliphatic carbocycles. The molecule has 0 unspecified atom stereocenters. The van der Waals surface area contributed by atoms with E-state index in [1.807, 2.05) is 72.6 Å². The molecule has 458 valence electrons. The molecular formula is C69H86N17S2+. The normalized spacial score (nSPS) is 21.5. The topological polar surface area (TPSA) is 94.3 Å². The van der Waals surface area contributed by atoms with E-state index >= 15 is 0 Å². The third-order valence-electron chi connectivity index (χ3n) is 19.0. The molecule has 0 spiro atoms. The van der Waals surface area contributed by atoms with Gasteiger partial charge in [-0.2, -0.15) is 0 Å². The summed E-state index contributed by atoms with van der Waals surface area (Å²) in [6.45, 7) is 21.7. The number of fused-ring (bicyclic) bond motifs is 7. The number of anilines is 13. The zero-order valence-electron chi connectivity index (χ0n) is 53.4. The molecular weight excluding hydrogens is 1130 g/mol. The van der Waals surface area contributed by atoms with E-state index in [1.165, 1.54) is 61.1 Å². The second-order valence-electron chi connectivity index (χ2n) is 23.7. The molecule has 0 saturated heterocycles. The second-order valence-corrected chi connectivity index (χ2v) is 26.4. The molecule has 5 aromatic heterocycles. The van der Waals surface area contributed by atoms with Gasteiger partial charge in [0.05, 0.1) is 88.5 Å². The fourth-order valence-corrected chi connectivity index (χ4v) is 15.8. The van der Waals surface area contributed by atoms with Gasteiger partial charge in [-0.3, -0.25) is 0 Å². The lowest BCUT2D eigenvalue weighted by atomic mass is 10.2. The quantitative estimate of drug-likeness (QED) is 0.121. The SMILES string of the molecule is C[C@@H]1N(C)c2cccnc2N1CCN1c2ncccc2N(C)[C@@H]1C.C[C@@H]1N(C)c2ncccc2N1CCN1c2cccnc2N(C)[C@@H]1C.C[C@@H]1Sc2ccccc2N1CCN1c2ccccc2S[C@@H]1C.C[C@H]1N(C)c2ccccc2N1c1cccc[n+]1C. The first-order valence-electron chi connectivity index (χ1n) is 31.0. The Morgan fingerprint density at radius 1 is 0.330 bits per heavy atom. The highest BCUT2D eigenvalue weighted by Gasteiger charge is 2.40. The fourth-order valence-electron chi connectivity index (χ4n) is 13.4. The van der Waals surface area contributed by atoms with Crippen LogP contribution in [0.15, 0.2) is 180 Å². The molecule has 0 amide bonds. The Hall–Kier alpha value is -8.29. The van der Waals surface area contributed by atoms with Crippen LogP contribution in [0.3, 0.4) is 0 Å². The third kappa shape index (κ3) is 11.1. The largest absolute Gasteiger partial charge is 0.357 e. The summed E-state index contributed by atoms with van der Waals surface area (Å²) in [6.07, 6.45) is 11.2. The van der Waals surface area contributed by atoms with Crippen LogP contribution in [0.25, 0.3) is 0 Å². The number of hydrogen-bond acceptors (Lipinski definition) is 18. The summed E-state index contributed by atoms with van der Waals surface area (Å²) in [5.41, 5.74) is 10.2. The highest BCUT2D eigenvalue weighted by molar-refractivity contribution is 8.00. The maximum atomic E-state index is 4.60. The van der Waals surface area contributed by atoms with E-state index in [4.69, 9.17) is 0 Å². The number of benzene rings is 3. The van der Waals surface area contributed by atoms with E-state index in [-0.39, 0.29) is 0 Å². The Kier molecular flexibility index (Phi) is 17.3. The van der Waals surface area contributed by atoms with Crippen LogP contribution in [0.4, 0.5) is 74.6 Å². The molecule has 7 atom stereocenters. The maximum absolute atomic E-state index is 4.60. The lowest BCUT2D eigenvalue weighted by molar-refractivity contribution is -0.658. The van der Waals surface area contributed by atoms with Gasteiger partial charge in [0.1, 0.15) is 0 Å². The zero-order valence-corrected chi connectivity index (χ0v) is 55.0. The van der Waals surface area contributed by atoms with Crippen LogP contribution in [0.2, 0.25) is 0 Å². The molecule has 7 aliphatic rings. The Morgan fingerprint density at radius 2 is 0.670 bits per heavy atom. The van der Waals surface area contributed by atoms with Crippen LogP contribution in [0.1, 0.15) is 48.5 Å². The summed E-state index contributed by atoms with van der Waals surface area (Å²) in [5, 5.41) is 1.05. The van der Waals surface area contributed by atoms with Crippen molar-refractivity contribution in [3.05, 3.63) is 171 Å². The number of hydrogen-bond donors (Lipinski definition) is 0. The molecule has 3 aromatic carbocycles. The molecule has 0 bridgehead atoms. The maximum Gasteiger partial charge on any atom is 0.283 e. The summed E-state index contributed by atoms with van der Waals surface area (Å²) in [7, 11) is 12.7. The highest BCUT2D eigenvalue weighted by atomic mass is 32.2. The fraction of sp³-hybridized carbons (Fsp3) is 0.377. The first-order chi connectivity index (χ1) is 42.6. The van der Waals surface area contributed by atoms with Gasteiger partial charge < -0.3 is 53.9 Å². The average molecular weight is 1220 g/mol. The van der Waals surface area contributed by atoms with E-state index in [9.17, 15) is 0 Å². The molecule has 0 radical (unpaired) electrons. The predicted molar refractivity (Wildman–Crippen MR) is 370 cm³/mol. The Morgan fingerprint density at radius 3 is 1.12 bits per heavy atom. The minimum absolute atomic E-state index is 0.314. The lowest BCUT2D eigenvalue weighted by Crippen LogP contribution is -2.46. The van der Waals surface area contributed by atoms with Gasteiger partial charge in [-0.15, -0.1) is 0 Å². The molecule has 17 nitrogen and oxygen atoms in total. The molecule has 15 rings (SSSR count). The van der Waals surface area contributed by atoms with E-state index in [1.54, 1.807) is 0 Å². The minimum atomic E-state index is 0.314. The smallest absolute Gasteiger partial charge is 0.283 e. The van der Waals surface area contributed by atoms with Crippen LogP contribution >= 0.6 is 23.5 Å². The van der Waals surface area contributed by atoms with Crippen molar-refractivity contribution in [1.82, 2.24) is 19.9 Å². The van der Waals surface area contributed by atoms with Crippen LogP contribution in [-0.2, 0) is 7.05 Å². The molecule has 0 fully saturated rings. The van der Waals surface area contributed by atoms with Crippen molar-refractivity contribution in [2.75, 3.05) is 133 Å². The van der Waals surface area contributed by atoms with Gasteiger partial charge >= 0.3 is 0 Å². The van der Waals surface area contributed by atoms with Gasteiger partial charge in [-0.1, -0.05) is 66.0 Å². The van der Waals surface area contributed by atoms with Crippen LogP contribution in [-0.4, -0.2) is 136 Å². The Bertz CT molecular complexity index is 3410. The third-order valence-corrected chi connectivity index (χ3v) is 21.4. The monoisotopic (exact) mass is 1220 g/mol. The van der Waals surface area contributed by atoms with Gasteiger partial charge in [0.2, 0.25) is 0 Å². The van der Waals surface area contributed by atoms with Crippen molar-refractivity contribution < 1.29 is 4.57 Å². The van der Waals surface area contributed by atoms with E-state index in [0.717, 1.165) is 62.5 Å². The van der Waals surface area contributed by atoms with E-state index in [0.29, 0.717) is 41.6 Å². The second kappa shape index (κ2) is 25.4. The molecule has 12 heterocycles. The number of aromatic nitrogens is 5. The predicted octanol–water partition coefficient (Wildman–Crippen LogP) is 12.1. The number of thioether (sulfide) groups is 2. The standard InChI is InChI=1S/2C18H24N6.C18H20N2S2.C15H18N3/c1-13-21(3)17-15(7-5-9-19-17)23(13)11-12-24-14(2)22(4)18-16(24)8-6-10-20-18;1-13-21(3)15-7-5-9-19-17(15)23(13)11-12-24-14(2)22(4)16-8-6-10-20-18(16)24;1-13-19(15-7-3-5-9-17(15)21-13)11-12-20-14(2)22-18-10-6-4-8-16(18)20;1-12-17(3)13-8-4-5-9-14(13)18(12)15-10-6-7-11-16(15)2/h2*5-10,13-14H,11-12H2,1-4H3;3-10,13-14H,11-12H2,1-2H3;4-12H,1-3H3/q;;;+1/t3*13-,14+;12-/m...0/s1. The van der Waals surface area contributed by atoms with Crippen LogP contribution < -0.4 is 63.4 Å². The zero-order chi connectivity index (χ0) is 61.5. The van der Waals surface area contributed by atoms with Gasteiger partial charge in [-0.25, -0.2) is 29.4 Å². The average Bonchev–Trinajstić information content (AvgIpc) is 3.10. The number of para-hydroxylation sites is 4. The van der Waals surface area contributed by atoms with Gasteiger partial charge in [0.25, 0.3) is 5.82 Å². The first-order valence-corrected chi connectivity index (χ1v) is 32.8. The van der Waals surface area contributed by atoms with Crippen LogP contribution in [0, 0.1) is 0 Å². The summed E-state index contributed by atoms with van der Waals surface area (Å²) < 4.78 is 2.16. The lowest BCUT2D eigenvalue weighted by Gasteiger charge is -2.32. The van der Waals surface area contributed by atoms with Crippen molar-refractivity contribution in [3.63, 3.8) is 0 Å². The summed E-state index contributed by atoms with van der Waals surface area (Å²) in [4.78, 5) is 49.5. The number of pyridine rings is 5.